The first-order valence-corrected chi connectivity index (χ1v) is 8.49. The third kappa shape index (κ3) is 2.88. The van der Waals surface area contributed by atoms with Crippen LogP contribution in [0.3, 0.4) is 0 Å². The highest BCUT2D eigenvalue weighted by Gasteiger charge is 2.23. The fourth-order valence-corrected chi connectivity index (χ4v) is 3.32. The van der Waals surface area contributed by atoms with Crippen molar-refractivity contribution in [2.75, 3.05) is 16.8 Å². The van der Waals surface area contributed by atoms with E-state index in [9.17, 15) is 9.59 Å². The number of anilines is 2. The van der Waals surface area contributed by atoms with E-state index in [1.54, 1.807) is 17.9 Å². The average Bonchev–Trinajstić information content (AvgIpc) is 3.29. The number of nitrogens with zero attached hydrogens (tertiary/aromatic N) is 1. The van der Waals surface area contributed by atoms with E-state index in [4.69, 9.17) is 4.42 Å². The second kappa shape index (κ2) is 6.52. The molecular formula is C21H18N2O3. The highest BCUT2D eigenvalue weighted by Crippen LogP contribution is 2.31. The fraction of sp³-hybridized carbons (Fsp3) is 0.143. The van der Waals surface area contributed by atoms with Gasteiger partial charge in [0.25, 0.3) is 5.91 Å². The first-order chi connectivity index (χ1) is 12.6. The molecule has 3 aromatic rings. The Bertz CT molecular complexity index is 976. The molecule has 0 atom stereocenters. The van der Waals surface area contributed by atoms with Crippen molar-refractivity contribution in [3.63, 3.8) is 0 Å². The zero-order valence-electron chi connectivity index (χ0n) is 14.4. The Labute approximate surface area is 151 Å². The van der Waals surface area contributed by atoms with Crippen molar-refractivity contribution >= 4 is 23.2 Å². The Morgan fingerprint density at radius 2 is 1.88 bits per heavy atom. The molecule has 0 unspecified atom stereocenters. The number of nitrogens with one attached hydrogen (secondary N) is 1. The van der Waals surface area contributed by atoms with Crippen LogP contribution in [0, 0.1) is 0 Å². The summed E-state index contributed by atoms with van der Waals surface area (Å²) in [6.45, 7) is 2.24. The summed E-state index contributed by atoms with van der Waals surface area (Å²) in [4.78, 5) is 26.1. The number of hydrogen-bond donors (Lipinski definition) is 1. The van der Waals surface area contributed by atoms with Crippen LogP contribution in [-0.2, 0) is 11.2 Å². The van der Waals surface area contributed by atoms with Gasteiger partial charge in [-0.2, -0.15) is 0 Å². The molecule has 130 valence electrons. The minimum atomic E-state index is -0.296. The summed E-state index contributed by atoms with van der Waals surface area (Å²) in [5.41, 5.74) is 4.35. The lowest BCUT2D eigenvalue weighted by Gasteiger charge is -2.15. The Morgan fingerprint density at radius 1 is 1.08 bits per heavy atom. The third-order valence-electron chi connectivity index (χ3n) is 4.57. The molecule has 0 radical (unpaired) electrons. The van der Waals surface area contributed by atoms with Crippen LogP contribution in [0.1, 0.15) is 23.0 Å². The molecule has 5 nitrogen and oxygen atoms in total. The molecule has 1 N–H and O–H groups in total. The monoisotopic (exact) mass is 346 g/mol. The molecule has 26 heavy (non-hydrogen) atoms. The van der Waals surface area contributed by atoms with Gasteiger partial charge in [-0.05, 0) is 41.8 Å². The molecule has 0 spiro atoms. The van der Waals surface area contributed by atoms with Gasteiger partial charge in [-0.3, -0.25) is 9.59 Å². The van der Waals surface area contributed by atoms with Gasteiger partial charge in [-0.1, -0.05) is 30.3 Å². The topological polar surface area (TPSA) is 62.6 Å². The number of furan rings is 1. The van der Waals surface area contributed by atoms with Gasteiger partial charge in [0.2, 0.25) is 5.91 Å². The van der Waals surface area contributed by atoms with E-state index >= 15 is 0 Å². The largest absolute Gasteiger partial charge is 0.459 e. The van der Waals surface area contributed by atoms with E-state index in [1.807, 2.05) is 48.5 Å². The highest BCUT2D eigenvalue weighted by atomic mass is 16.3. The van der Waals surface area contributed by atoms with Crippen molar-refractivity contribution in [3.8, 4) is 11.1 Å². The number of benzene rings is 2. The summed E-state index contributed by atoms with van der Waals surface area (Å²) < 4.78 is 5.43. The van der Waals surface area contributed by atoms with Crippen molar-refractivity contribution in [1.29, 1.82) is 0 Å². The van der Waals surface area contributed by atoms with Gasteiger partial charge < -0.3 is 14.6 Å². The van der Waals surface area contributed by atoms with E-state index in [0.717, 1.165) is 28.8 Å². The number of carbonyl (C=O) groups is 2. The molecule has 5 heteroatoms. The van der Waals surface area contributed by atoms with Crippen LogP contribution in [0.4, 0.5) is 11.4 Å². The van der Waals surface area contributed by atoms with E-state index in [0.29, 0.717) is 12.2 Å². The average molecular weight is 346 g/mol. The van der Waals surface area contributed by atoms with Crippen molar-refractivity contribution in [2.24, 2.45) is 0 Å². The van der Waals surface area contributed by atoms with Gasteiger partial charge in [0.05, 0.1) is 6.26 Å². The molecule has 0 bridgehead atoms. The summed E-state index contributed by atoms with van der Waals surface area (Å²) in [6, 6.07) is 17.0. The minimum Gasteiger partial charge on any atom is -0.459 e. The second-order valence-electron chi connectivity index (χ2n) is 6.25. The number of fused-ring (bicyclic) bond motifs is 1. The lowest BCUT2D eigenvalue weighted by atomic mass is 10.1. The molecule has 0 saturated heterocycles. The van der Waals surface area contributed by atoms with Crippen molar-refractivity contribution in [3.05, 3.63) is 72.2 Å². The van der Waals surface area contributed by atoms with Crippen LogP contribution < -0.4 is 10.2 Å². The summed E-state index contributed by atoms with van der Waals surface area (Å²) in [7, 11) is 0. The SMILES string of the molecule is CC(=O)N1CCc2cc(NC(=O)c3occc3-c3ccccc3)ccc21. The molecule has 2 heterocycles. The van der Waals surface area contributed by atoms with Crippen LogP contribution in [-0.4, -0.2) is 18.4 Å². The third-order valence-corrected chi connectivity index (χ3v) is 4.57. The van der Waals surface area contributed by atoms with Crippen LogP contribution >= 0.6 is 0 Å². The zero-order valence-corrected chi connectivity index (χ0v) is 14.4. The van der Waals surface area contributed by atoms with Crippen molar-refractivity contribution < 1.29 is 14.0 Å². The van der Waals surface area contributed by atoms with Crippen LogP contribution in [0.2, 0.25) is 0 Å². The molecule has 1 aliphatic rings. The normalized spacial score (nSPS) is 12.7. The fourth-order valence-electron chi connectivity index (χ4n) is 3.32. The van der Waals surface area contributed by atoms with Crippen LogP contribution in [0.25, 0.3) is 11.1 Å². The molecule has 1 aromatic heterocycles. The second-order valence-corrected chi connectivity index (χ2v) is 6.25. The maximum atomic E-state index is 12.7. The summed E-state index contributed by atoms with van der Waals surface area (Å²) >= 11 is 0. The maximum Gasteiger partial charge on any atom is 0.292 e. The molecule has 0 aliphatic carbocycles. The lowest BCUT2D eigenvalue weighted by Crippen LogP contribution is -2.25. The first-order valence-electron chi connectivity index (χ1n) is 8.49. The van der Waals surface area contributed by atoms with E-state index in [1.165, 1.54) is 6.26 Å². The molecule has 2 amide bonds. The summed E-state index contributed by atoms with van der Waals surface area (Å²) in [6.07, 6.45) is 2.30. The van der Waals surface area contributed by atoms with E-state index < -0.39 is 0 Å². The molecular weight excluding hydrogens is 328 g/mol. The minimum absolute atomic E-state index is 0.0311. The Kier molecular flexibility index (Phi) is 4.05. The first kappa shape index (κ1) is 16.1. The Morgan fingerprint density at radius 3 is 2.65 bits per heavy atom. The van der Waals surface area contributed by atoms with Gasteiger partial charge in [0, 0.05) is 30.4 Å². The van der Waals surface area contributed by atoms with Crippen molar-refractivity contribution in [2.45, 2.75) is 13.3 Å². The number of amides is 2. The number of hydrogen-bond acceptors (Lipinski definition) is 3. The number of rotatable bonds is 3. The summed E-state index contributed by atoms with van der Waals surface area (Å²) in [5.74, 6) is 0.0147. The van der Waals surface area contributed by atoms with Gasteiger partial charge in [-0.25, -0.2) is 0 Å². The number of carbonyl (C=O) groups excluding carboxylic acids is 2. The molecule has 0 fully saturated rings. The van der Waals surface area contributed by atoms with E-state index in [-0.39, 0.29) is 17.6 Å². The van der Waals surface area contributed by atoms with Gasteiger partial charge in [-0.15, -0.1) is 0 Å². The quantitative estimate of drug-likeness (QED) is 0.776. The Hall–Kier alpha value is -3.34. The van der Waals surface area contributed by atoms with Gasteiger partial charge in [0.15, 0.2) is 5.76 Å². The van der Waals surface area contributed by atoms with Crippen LogP contribution in [0.5, 0.6) is 0 Å². The summed E-state index contributed by atoms with van der Waals surface area (Å²) in [5, 5.41) is 2.89. The standard InChI is InChI=1S/C21H18N2O3/c1-14(24)23-11-9-16-13-17(7-8-19(16)23)22-21(25)20-18(10-12-26-20)15-5-3-2-4-6-15/h2-8,10,12-13H,9,11H2,1H3,(H,22,25). The molecule has 2 aromatic carbocycles. The zero-order chi connectivity index (χ0) is 18.1. The predicted octanol–water partition coefficient (Wildman–Crippen LogP) is 4.11. The Balaban J connectivity index is 1.57. The molecule has 0 saturated carbocycles. The lowest BCUT2D eigenvalue weighted by molar-refractivity contribution is -0.116. The molecule has 1 aliphatic heterocycles. The molecule has 4 rings (SSSR count). The van der Waals surface area contributed by atoms with Crippen molar-refractivity contribution in [1.82, 2.24) is 0 Å². The highest BCUT2D eigenvalue weighted by molar-refractivity contribution is 6.07. The van der Waals surface area contributed by atoms with Gasteiger partial charge in [0.1, 0.15) is 0 Å². The smallest absolute Gasteiger partial charge is 0.292 e. The van der Waals surface area contributed by atoms with E-state index in [2.05, 4.69) is 5.32 Å². The predicted molar refractivity (Wildman–Crippen MR) is 100 cm³/mol. The maximum absolute atomic E-state index is 12.7. The van der Waals surface area contributed by atoms with Crippen LogP contribution in [0.15, 0.2) is 65.3 Å². The van der Waals surface area contributed by atoms with Gasteiger partial charge >= 0.3 is 0 Å².